The van der Waals surface area contributed by atoms with Crippen molar-refractivity contribution in [3.63, 3.8) is 0 Å². The lowest BCUT2D eigenvalue weighted by atomic mass is 9.88. The third kappa shape index (κ3) is 2.75. The minimum atomic E-state index is -7.32. The molecule has 0 fully saturated rings. The molecular formula is C10F14. The minimum Gasteiger partial charge on any atom is -0.218 e. The highest BCUT2D eigenvalue weighted by molar-refractivity contribution is 5.41. The molecule has 0 N–H and O–H groups in total. The average Bonchev–Trinajstić information content (AvgIpc) is 2.35. The molecule has 0 unspecified atom stereocenters. The first-order chi connectivity index (χ1) is 10.4. The second-order valence-corrected chi connectivity index (χ2v) is 4.16. The molecule has 1 aromatic carbocycles. The maximum Gasteiger partial charge on any atom is 0.436 e. The molecule has 0 heterocycles. The summed E-state index contributed by atoms with van der Waals surface area (Å²) in [6.07, 6.45) is -21.3. The third-order valence-corrected chi connectivity index (χ3v) is 2.68. The first-order valence-corrected chi connectivity index (χ1v) is 5.15. The summed E-state index contributed by atoms with van der Waals surface area (Å²) in [6, 6.07) is 0. The number of rotatable bonds is 1. The molecule has 24 heavy (non-hydrogen) atoms. The van der Waals surface area contributed by atoms with Gasteiger partial charge in [-0.2, -0.15) is 39.5 Å². The van der Waals surface area contributed by atoms with Crippen molar-refractivity contribution in [2.24, 2.45) is 0 Å². The van der Waals surface area contributed by atoms with E-state index >= 15 is 0 Å². The van der Waals surface area contributed by atoms with Crippen LogP contribution >= 0.6 is 0 Å². The Morgan fingerprint density at radius 1 is 0.417 bits per heavy atom. The number of hydrogen-bond donors (Lipinski definition) is 0. The van der Waals surface area contributed by atoms with E-state index in [-0.39, 0.29) is 0 Å². The van der Waals surface area contributed by atoms with Gasteiger partial charge in [-0.3, -0.25) is 0 Å². The molecule has 0 nitrogen and oxygen atoms in total. The van der Waals surface area contributed by atoms with Gasteiger partial charge in [0.25, 0.3) is 0 Å². The van der Waals surface area contributed by atoms with Crippen LogP contribution in [-0.4, -0.2) is 12.4 Å². The van der Waals surface area contributed by atoms with Crippen molar-refractivity contribution in [1.82, 2.24) is 0 Å². The molecule has 14 heteroatoms. The molecule has 138 valence electrons. The van der Waals surface area contributed by atoms with Crippen LogP contribution in [0.4, 0.5) is 61.5 Å². The van der Waals surface area contributed by atoms with Gasteiger partial charge in [0, 0.05) is 0 Å². The zero-order valence-electron chi connectivity index (χ0n) is 10.3. The molecule has 1 aromatic rings. The molecule has 0 aliphatic carbocycles. The summed E-state index contributed by atoms with van der Waals surface area (Å²) in [5.74, 6) is -14.3. The zero-order chi connectivity index (χ0) is 19.5. The number of benzene rings is 1. The molecule has 0 saturated carbocycles. The lowest BCUT2D eigenvalue weighted by molar-refractivity contribution is -0.350. The third-order valence-electron chi connectivity index (χ3n) is 2.68. The smallest absolute Gasteiger partial charge is 0.218 e. The summed E-state index contributed by atoms with van der Waals surface area (Å²) in [6.45, 7) is 0. The molecular weight excluding hydrogens is 386 g/mol. The lowest BCUT2D eigenvalue weighted by Crippen LogP contribution is -2.52. The van der Waals surface area contributed by atoms with Gasteiger partial charge >= 0.3 is 24.2 Å². The van der Waals surface area contributed by atoms with Gasteiger partial charge in [0.05, 0.1) is 5.56 Å². The molecule has 0 aliphatic heterocycles. The van der Waals surface area contributed by atoms with E-state index in [9.17, 15) is 61.5 Å². The summed E-state index contributed by atoms with van der Waals surface area (Å²) >= 11 is 0. The van der Waals surface area contributed by atoms with E-state index in [1.807, 2.05) is 0 Å². The molecule has 0 spiro atoms. The lowest BCUT2D eigenvalue weighted by Gasteiger charge is -2.32. The Hall–Kier alpha value is -1.76. The maximum absolute atomic E-state index is 13.6. The van der Waals surface area contributed by atoms with Crippen molar-refractivity contribution in [2.45, 2.75) is 24.2 Å². The summed E-state index contributed by atoms with van der Waals surface area (Å²) in [5, 5.41) is 0. The molecule has 0 bridgehead atoms. The zero-order valence-corrected chi connectivity index (χ0v) is 10.3. The summed E-state index contributed by atoms with van der Waals surface area (Å²) in [4.78, 5) is 0. The molecule has 0 saturated heterocycles. The highest BCUT2D eigenvalue weighted by Crippen LogP contribution is 2.57. The fourth-order valence-corrected chi connectivity index (χ4v) is 1.67. The number of alkyl halides is 10. The van der Waals surface area contributed by atoms with Crippen molar-refractivity contribution < 1.29 is 61.5 Å². The van der Waals surface area contributed by atoms with Gasteiger partial charge in [0.15, 0.2) is 23.3 Å². The van der Waals surface area contributed by atoms with Crippen LogP contribution in [0.25, 0.3) is 0 Å². The first-order valence-electron chi connectivity index (χ1n) is 5.15. The summed E-state index contributed by atoms with van der Waals surface area (Å²) < 4.78 is 178. The van der Waals surface area contributed by atoms with Gasteiger partial charge in [-0.25, -0.2) is 22.0 Å². The minimum absolute atomic E-state index is 3.37. The molecule has 0 radical (unpaired) electrons. The van der Waals surface area contributed by atoms with Crippen LogP contribution in [0.1, 0.15) is 11.1 Å². The molecule has 0 aliphatic rings. The Bertz CT molecular complexity index is 632. The van der Waals surface area contributed by atoms with Crippen LogP contribution in [-0.2, 0) is 11.8 Å². The molecule has 0 aromatic heterocycles. The van der Waals surface area contributed by atoms with E-state index in [1.54, 1.807) is 0 Å². The largest absolute Gasteiger partial charge is 0.436 e. The van der Waals surface area contributed by atoms with Gasteiger partial charge in [0.1, 0.15) is 5.56 Å². The topological polar surface area (TPSA) is 0 Å². The van der Waals surface area contributed by atoms with Crippen LogP contribution in [0.3, 0.4) is 0 Å². The highest BCUT2D eigenvalue weighted by Gasteiger charge is 2.76. The Kier molecular flexibility index (Phi) is 4.54. The number of halogens is 14. The predicted octanol–water partition coefficient (Wildman–Crippen LogP) is 5.55. The second kappa shape index (κ2) is 5.37. The summed E-state index contributed by atoms with van der Waals surface area (Å²) in [7, 11) is 0. The van der Waals surface area contributed by atoms with Crippen molar-refractivity contribution in [1.29, 1.82) is 0 Å². The summed E-state index contributed by atoms with van der Waals surface area (Å²) in [5.41, 5.74) is -15.2. The monoisotopic (exact) mass is 386 g/mol. The predicted molar refractivity (Wildman–Crippen MR) is 46.2 cm³/mol. The highest BCUT2D eigenvalue weighted by atomic mass is 19.4. The normalized spacial score (nSPS) is 14.2. The first kappa shape index (κ1) is 20.3. The van der Waals surface area contributed by atoms with E-state index < -0.39 is 58.6 Å². The van der Waals surface area contributed by atoms with Crippen molar-refractivity contribution in [3.8, 4) is 0 Å². The second-order valence-electron chi connectivity index (χ2n) is 4.16. The Balaban J connectivity index is 4.21. The molecule has 0 atom stereocenters. The quantitative estimate of drug-likeness (QED) is 0.337. The van der Waals surface area contributed by atoms with Gasteiger partial charge in [0.2, 0.25) is 0 Å². The van der Waals surface area contributed by atoms with Gasteiger partial charge in [-0.1, -0.05) is 0 Å². The van der Waals surface area contributed by atoms with Gasteiger partial charge in [-0.15, -0.1) is 0 Å². The van der Waals surface area contributed by atoms with Gasteiger partial charge < -0.3 is 0 Å². The average molecular weight is 386 g/mol. The SMILES string of the molecule is Fc1c(F)c(F)c(C(F)(C(F)(F)F)C(F)(F)F)c(C(F)(F)F)c1F. The van der Waals surface area contributed by atoms with E-state index in [1.165, 1.54) is 0 Å². The van der Waals surface area contributed by atoms with E-state index in [4.69, 9.17) is 0 Å². The van der Waals surface area contributed by atoms with Crippen LogP contribution in [0, 0.1) is 23.3 Å². The molecule has 1 rings (SSSR count). The Labute approximate surface area is 121 Å². The van der Waals surface area contributed by atoms with Crippen molar-refractivity contribution in [3.05, 3.63) is 34.4 Å². The van der Waals surface area contributed by atoms with Crippen LogP contribution in [0.15, 0.2) is 0 Å². The van der Waals surface area contributed by atoms with Crippen molar-refractivity contribution in [2.75, 3.05) is 0 Å². The fraction of sp³-hybridized carbons (Fsp3) is 0.400. The van der Waals surface area contributed by atoms with Gasteiger partial charge in [-0.05, 0) is 0 Å². The molecule has 0 amide bonds. The van der Waals surface area contributed by atoms with E-state index in [0.717, 1.165) is 0 Å². The standard InChI is InChI=1S/C10F14/c11-3-1(7(15,9(19,20)21)10(22,23)24)2(8(16,17)18)4(12)6(14)5(3)13. The van der Waals surface area contributed by atoms with Crippen molar-refractivity contribution >= 4 is 0 Å². The van der Waals surface area contributed by atoms with E-state index in [2.05, 4.69) is 0 Å². The van der Waals surface area contributed by atoms with Crippen LogP contribution in [0.5, 0.6) is 0 Å². The van der Waals surface area contributed by atoms with Crippen LogP contribution in [0.2, 0.25) is 0 Å². The van der Waals surface area contributed by atoms with Crippen LogP contribution < -0.4 is 0 Å². The van der Waals surface area contributed by atoms with E-state index in [0.29, 0.717) is 0 Å². The maximum atomic E-state index is 13.6. The fourth-order valence-electron chi connectivity index (χ4n) is 1.67. The Morgan fingerprint density at radius 2 is 0.708 bits per heavy atom. The number of hydrogen-bond acceptors (Lipinski definition) is 0. The Morgan fingerprint density at radius 3 is 0.958 bits per heavy atom.